The van der Waals surface area contributed by atoms with Crippen molar-refractivity contribution in [1.82, 2.24) is 4.90 Å². The number of thiophene rings is 1. The van der Waals surface area contributed by atoms with Gasteiger partial charge in [0.15, 0.2) is 0 Å². The van der Waals surface area contributed by atoms with Crippen molar-refractivity contribution in [3.05, 3.63) is 51.7 Å². The Morgan fingerprint density at radius 3 is 2.62 bits per heavy atom. The molecule has 2 aromatic rings. The zero-order valence-corrected chi connectivity index (χ0v) is 15.4. The Bertz CT molecular complexity index is 734. The van der Waals surface area contributed by atoms with Crippen molar-refractivity contribution in [2.24, 2.45) is 0 Å². The molecule has 0 unspecified atom stereocenters. The molecule has 0 bridgehead atoms. The molecule has 1 aromatic carbocycles. The normalized spacial score (nSPS) is 18.2. The van der Waals surface area contributed by atoms with E-state index < -0.39 is 18.6 Å². The van der Waals surface area contributed by atoms with Crippen LogP contribution in [0.5, 0.6) is 0 Å². The maximum Gasteiger partial charge on any atom is 0.406 e. The van der Waals surface area contributed by atoms with Crippen molar-refractivity contribution in [3.8, 4) is 0 Å². The van der Waals surface area contributed by atoms with Gasteiger partial charge >= 0.3 is 6.18 Å². The molecule has 0 aliphatic carbocycles. The summed E-state index contributed by atoms with van der Waals surface area (Å²) in [5.41, 5.74) is 0.198. The molecule has 1 atom stereocenters. The van der Waals surface area contributed by atoms with Crippen LogP contribution < -0.4 is 4.90 Å². The first-order valence-electron chi connectivity index (χ1n) is 8.23. The molecule has 26 heavy (non-hydrogen) atoms. The lowest BCUT2D eigenvalue weighted by Crippen LogP contribution is -2.44. The summed E-state index contributed by atoms with van der Waals surface area (Å²) in [6.07, 6.45) is -2.64. The van der Waals surface area contributed by atoms with Gasteiger partial charge in [-0.05, 0) is 55.1 Å². The van der Waals surface area contributed by atoms with Crippen LogP contribution in [0.4, 0.5) is 18.9 Å². The van der Waals surface area contributed by atoms with Gasteiger partial charge < -0.3 is 4.90 Å². The molecule has 8 heteroatoms. The summed E-state index contributed by atoms with van der Waals surface area (Å²) in [5.74, 6) is -0.562. The molecule has 1 saturated heterocycles. The van der Waals surface area contributed by atoms with E-state index in [1.54, 1.807) is 11.3 Å². The smallest absolute Gasteiger partial charge is 0.302 e. The van der Waals surface area contributed by atoms with Crippen LogP contribution in [0.2, 0.25) is 5.02 Å². The van der Waals surface area contributed by atoms with Gasteiger partial charge in [0.25, 0.3) is 0 Å². The quantitative estimate of drug-likeness (QED) is 0.691. The van der Waals surface area contributed by atoms with Crippen LogP contribution in [0.15, 0.2) is 41.8 Å². The SMILES string of the molecule is O=C(CN1CCC[C@@H]1c1cccs1)N(CC(F)(F)F)c1ccc(Cl)cc1. The number of nitrogens with zero attached hydrogens (tertiary/aromatic N) is 2. The van der Waals surface area contributed by atoms with Crippen molar-refractivity contribution in [1.29, 1.82) is 0 Å². The van der Waals surface area contributed by atoms with Gasteiger partial charge in [0, 0.05) is 21.6 Å². The lowest BCUT2D eigenvalue weighted by atomic mass is 10.2. The summed E-state index contributed by atoms with van der Waals surface area (Å²) in [7, 11) is 0. The van der Waals surface area contributed by atoms with Gasteiger partial charge in [-0.25, -0.2) is 0 Å². The monoisotopic (exact) mass is 402 g/mol. The summed E-state index contributed by atoms with van der Waals surface area (Å²) in [6, 6.07) is 9.89. The van der Waals surface area contributed by atoms with E-state index in [9.17, 15) is 18.0 Å². The molecular formula is C18H18ClF3N2OS. The Labute approximate surface area is 159 Å². The predicted molar refractivity (Wildman–Crippen MR) is 97.7 cm³/mol. The second-order valence-corrected chi connectivity index (χ2v) is 7.63. The second kappa shape index (κ2) is 7.98. The molecule has 1 aliphatic heterocycles. The molecule has 2 heterocycles. The zero-order chi connectivity index (χ0) is 18.7. The van der Waals surface area contributed by atoms with Crippen molar-refractivity contribution < 1.29 is 18.0 Å². The van der Waals surface area contributed by atoms with Gasteiger partial charge in [0.1, 0.15) is 6.54 Å². The lowest BCUT2D eigenvalue weighted by Gasteiger charge is -2.29. The number of carbonyl (C=O) groups is 1. The van der Waals surface area contributed by atoms with Gasteiger partial charge in [-0.15, -0.1) is 11.3 Å². The Morgan fingerprint density at radius 2 is 2.00 bits per heavy atom. The number of benzene rings is 1. The molecule has 3 nitrogen and oxygen atoms in total. The standard InChI is InChI=1S/C18H18ClF3N2OS/c19-13-5-7-14(8-6-13)24(12-18(20,21)22)17(25)11-23-9-1-3-15(23)16-4-2-10-26-16/h2,4-8,10,15H,1,3,9,11-12H2/t15-/m1/s1. The maximum absolute atomic E-state index is 13.0. The van der Waals surface area contributed by atoms with E-state index in [-0.39, 0.29) is 18.3 Å². The third-order valence-electron chi connectivity index (χ3n) is 4.35. The average molecular weight is 403 g/mol. The first kappa shape index (κ1) is 19.2. The third kappa shape index (κ3) is 4.78. The molecule has 1 aromatic heterocycles. The molecule has 3 rings (SSSR count). The first-order valence-corrected chi connectivity index (χ1v) is 9.49. The molecule has 140 valence electrons. The highest BCUT2D eigenvalue weighted by Crippen LogP contribution is 2.34. The fourth-order valence-corrected chi connectivity index (χ4v) is 4.22. The van der Waals surface area contributed by atoms with E-state index in [1.807, 2.05) is 22.4 Å². The fourth-order valence-electron chi connectivity index (χ4n) is 3.20. The molecule has 1 amide bonds. The second-order valence-electron chi connectivity index (χ2n) is 6.22. The summed E-state index contributed by atoms with van der Waals surface area (Å²) >= 11 is 7.42. The highest BCUT2D eigenvalue weighted by Gasteiger charge is 2.36. The van der Waals surface area contributed by atoms with Crippen LogP contribution in [-0.4, -0.2) is 36.6 Å². The van der Waals surface area contributed by atoms with Crippen molar-refractivity contribution in [2.45, 2.75) is 25.1 Å². The van der Waals surface area contributed by atoms with Gasteiger partial charge in [0.2, 0.25) is 5.91 Å². The summed E-state index contributed by atoms with van der Waals surface area (Å²) in [6.45, 7) is -0.652. The van der Waals surface area contributed by atoms with Crippen LogP contribution in [0.1, 0.15) is 23.8 Å². The van der Waals surface area contributed by atoms with E-state index in [2.05, 4.69) is 0 Å². The number of rotatable bonds is 5. The molecule has 0 saturated carbocycles. The number of hydrogen-bond donors (Lipinski definition) is 0. The number of hydrogen-bond acceptors (Lipinski definition) is 3. The summed E-state index contributed by atoms with van der Waals surface area (Å²) < 4.78 is 39.0. The fraction of sp³-hybridized carbons (Fsp3) is 0.389. The number of amides is 1. The van der Waals surface area contributed by atoms with E-state index in [4.69, 9.17) is 11.6 Å². The third-order valence-corrected chi connectivity index (χ3v) is 5.58. The number of alkyl halides is 3. The minimum atomic E-state index is -4.48. The lowest BCUT2D eigenvalue weighted by molar-refractivity contribution is -0.133. The Balaban J connectivity index is 1.77. The van der Waals surface area contributed by atoms with E-state index in [1.165, 1.54) is 24.3 Å². The Kier molecular flexibility index (Phi) is 5.89. The zero-order valence-electron chi connectivity index (χ0n) is 13.9. The largest absolute Gasteiger partial charge is 0.406 e. The topological polar surface area (TPSA) is 23.6 Å². The van der Waals surface area contributed by atoms with Crippen LogP contribution in [0.25, 0.3) is 0 Å². The Hall–Kier alpha value is -1.57. The Morgan fingerprint density at radius 1 is 1.27 bits per heavy atom. The highest BCUT2D eigenvalue weighted by molar-refractivity contribution is 7.10. The number of likely N-dealkylation sites (tertiary alicyclic amines) is 1. The van der Waals surface area contributed by atoms with Crippen LogP contribution >= 0.6 is 22.9 Å². The van der Waals surface area contributed by atoms with E-state index >= 15 is 0 Å². The molecule has 0 N–H and O–H groups in total. The molecule has 1 aliphatic rings. The van der Waals surface area contributed by atoms with Crippen molar-refractivity contribution >= 4 is 34.5 Å². The molecular weight excluding hydrogens is 385 g/mol. The number of carbonyl (C=O) groups excluding carboxylic acids is 1. The van der Waals surface area contributed by atoms with Crippen molar-refractivity contribution in [3.63, 3.8) is 0 Å². The predicted octanol–water partition coefficient (Wildman–Crippen LogP) is 5.13. The molecule has 0 spiro atoms. The van der Waals surface area contributed by atoms with Gasteiger partial charge in [-0.3, -0.25) is 9.69 Å². The summed E-state index contributed by atoms with van der Waals surface area (Å²) in [5, 5.41) is 2.38. The van der Waals surface area contributed by atoms with Crippen LogP contribution in [-0.2, 0) is 4.79 Å². The van der Waals surface area contributed by atoms with Gasteiger partial charge in [-0.2, -0.15) is 13.2 Å². The van der Waals surface area contributed by atoms with Crippen molar-refractivity contribution in [2.75, 3.05) is 24.5 Å². The van der Waals surface area contributed by atoms with E-state index in [0.717, 1.165) is 22.6 Å². The average Bonchev–Trinajstić information content (AvgIpc) is 3.23. The number of halogens is 4. The van der Waals surface area contributed by atoms with Gasteiger partial charge in [0.05, 0.1) is 6.54 Å². The first-order chi connectivity index (χ1) is 12.3. The maximum atomic E-state index is 13.0. The number of anilines is 1. The van der Waals surface area contributed by atoms with Gasteiger partial charge in [-0.1, -0.05) is 17.7 Å². The summed E-state index contributed by atoms with van der Waals surface area (Å²) in [4.78, 5) is 16.6. The van der Waals surface area contributed by atoms with E-state index in [0.29, 0.717) is 11.6 Å². The van der Waals surface area contributed by atoms with Crippen LogP contribution in [0.3, 0.4) is 0 Å². The minimum absolute atomic E-state index is 0.0404. The minimum Gasteiger partial charge on any atom is -0.302 e. The highest BCUT2D eigenvalue weighted by atomic mass is 35.5. The van der Waals surface area contributed by atoms with Crippen LogP contribution in [0, 0.1) is 0 Å². The molecule has 0 radical (unpaired) electrons. The molecule has 1 fully saturated rings.